The smallest absolute Gasteiger partial charge is 0.234 e. The lowest BCUT2D eigenvalue weighted by Gasteiger charge is -2.11. The van der Waals surface area contributed by atoms with Gasteiger partial charge in [0.1, 0.15) is 11.5 Å². The lowest BCUT2D eigenvalue weighted by atomic mass is 10.2. The van der Waals surface area contributed by atoms with E-state index in [2.05, 4.69) is 10.3 Å². The van der Waals surface area contributed by atoms with Crippen LogP contribution in [0.3, 0.4) is 0 Å². The van der Waals surface area contributed by atoms with Crippen molar-refractivity contribution in [2.75, 3.05) is 25.3 Å². The van der Waals surface area contributed by atoms with Crippen molar-refractivity contribution in [3.8, 4) is 22.8 Å². The number of thioether (sulfide) groups is 1. The Morgan fingerprint density at radius 1 is 1.18 bits per heavy atom. The normalized spacial score (nSPS) is 10.6. The summed E-state index contributed by atoms with van der Waals surface area (Å²) in [6, 6.07) is 10.5. The van der Waals surface area contributed by atoms with Gasteiger partial charge in [0, 0.05) is 22.0 Å². The molecule has 5 nitrogen and oxygen atoms in total. The van der Waals surface area contributed by atoms with Crippen molar-refractivity contribution in [3.05, 3.63) is 51.8 Å². The largest absolute Gasteiger partial charge is 0.497 e. The molecule has 1 aromatic heterocycles. The molecule has 2 aromatic carbocycles. The number of carbonyl (C=O) groups is 1. The number of rotatable bonds is 7. The predicted octanol–water partition coefficient (Wildman–Crippen LogP) is 5.86. The molecule has 0 aliphatic rings. The predicted molar refractivity (Wildman–Crippen MR) is 116 cm³/mol. The fourth-order valence-electron chi connectivity index (χ4n) is 2.37. The van der Waals surface area contributed by atoms with Crippen molar-refractivity contribution < 1.29 is 14.3 Å². The first-order valence-electron chi connectivity index (χ1n) is 8.05. The van der Waals surface area contributed by atoms with Crippen molar-refractivity contribution in [1.82, 2.24) is 4.98 Å². The topological polar surface area (TPSA) is 60.5 Å². The van der Waals surface area contributed by atoms with E-state index in [0.29, 0.717) is 27.2 Å². The number of anilines is 1. The molecule has 0 aliphatic carbocycles. The number of amides is 1. The van der Waals surface area contributed by atoms with Crippen LogP contribution in [0.25, 0.3) is 11.3 Å². The molecular weight excluding hydrogens is 439 g/mol. The second-order valence-electron chi connectivity index (χ2n) is 5.53. The molecule has 0 saturated heterocycles. The van der Waals surface area contributed by atoms with Gasteiger partial charge in [0.05, 0.1) is 36.4 Å². The molecule has 146 valence electrons. The SMILES string of the molecule is COc1ccc(OC)c(NC(=O)CSc2nc(-c3ccc(Cl)cc3Cl)cs2)c1. The van der Waals surface area contributed by atoms with E-state index in [4.69, 9.17) is 32.7 Å². The number of halogens is 2. The number of nitrogens with zero attached hydrogens (tertiary/aromatic N) is 1. The van der Waals surface area contributed by atoms with Crippen LogP contribution in [0.4, 0.5) is 5.69 Å². The zero-order valence-electron chi connectivity index (χ0n) is 15.0. The van der Waals surface area contributed by atoms with Crippen molar-refractivity contribution in [2.24, 2.45) is 0 Å². The molecular formula is C19H16Cl2N2O3S2. The van der Waals surface area contributed by atoms with E-state index >= 15 is 0 Å². The van der Waals surface area contributed by atoms with Gasteiger partial charge in [-0.2, -0.15) is 0 Å². The Kier molecular flexibility index (Phi) is 7.07. The molecule has 1 heterocycles. The monoisotopic (exact) mass is 454 g/mol. The minimum Gasteiger partial charge on any atom is -0.497 e. The van der Waals surface area contributed by atoms with Gasteiger partial charge in [-0.05, 0) is 30.3 Å². The third kappa shape index (κ3) is 5.11. The van der Waals surface area contributed by atoms with Gasteiger partial charge in [0.15, 0.2) is 4.34 Å². The Labute approximate surface area is 181 Å². The minimum atomic E-state index is -0.169. The van der Waals surface area contributed by atoms with Crippen LogP contribution in [0.15, 0.2) is 46.1 Å². The summed E-state index contributed by atoms with van der Waals surface area (Å²) < 4.78 is 11.2. The van der Waals surface area contributed by atoms with Crippen LogP contribution in [0.5, 0.6) is 11.5 Å². The number of benzene rings is 2. The molecule has 1 N–H and O–H groups in total. The molecule has 0 aliphatic heterocycles. The van der Waals surface area contributed by atoms with E-state index in [1.165, 1.54) is 23.1 Å². The Balaban J connectivity index is 1.63. The maximum Gasteiger partial charge on any atom is 0.234 e. The number of carbonyl (C=O) groups excluding carboxylic acids is 1. The molecule has 0 radical (unpaired) electrons. The highest BCUT2D eigenvalue weighted by Crippen LogP contribution is 2.34. The standard InChI is InChI=1S/C19H16Cl2N2O3S2/c1-25-12-4-6-17(26-2)15(8-12)22-18(24)10-28-19-23-16(9-27-19)13-5-3-11(20)7-14(13)21/h3-9H,10H2,1-2H3,(H,22,24). The number of hydrogen-bond donors (Lipinski definition) is 1. The summed E-state index contributed by atoms with van der Waals surface area (Å²) in [7, 11) is 3.11. The van der Waals surface area contributed by atoms with Crippen molar-refractivity contribution in [3.63, 3.8) is 0 Å². The molecule has 0 fully saturated rings. The summed E-state index contributed by atoms with van der Waals surface area (Å²) in [5.41, 5.74) is 2.11. The lowest BCUT2D eigenvalue weighted by molar-refractivity contribution is -0.113. The zero-order chi connectivity index (χ0) is 20.1. The van der Waals surface area contributed by atoms with Gasteiger partial charge >= 0.3 is 0 Å². The van der Waals surface area contributed by atoms with Crippen LogP contribution in [-0.4, -0.2) is 30.9 Å². The minimum absolute atomic E-state index is 0.169. The first-order valence-corrected chi connectivity index (χ1v) is 10.7. The summed E-state index contributed by atoms with van der Waals surface area (Å²) >= 11 is 15.0. The Hall–Kier alpha value is -1.93. The average molecular weight is 455 g/mol. The van der Waals surface area contributed by atoms with Crippen molar-refractivity contribution in [2.45, 2.75) is 4.34 Å². The summed E-state index contributed by atoms with van der Waals surface area (Å²) in [4.78, 5) is 16.9. The molecule has 0 unspecified atom stereocenters. The fourth-order valence-corrected chi connectivity index (χ4v) is 4.50. The van der Waals surface area contributed by atoms with E-state index in [-0.39, 0.29) is 11.7 Å². The highest BCUT2D eigenvalue weighted by molar-refractivity contribution is 8.01. The molecule has 0 atom stereocenters. The summed E-state index contributed by atoms with van der Waals surface area (Å²) in [5.74, 6) is 1.24. The quantitative estimate of drug-likeness (QED) is 0.452. The fraction of sp³-hybridized carbons (Fsp3) is 0.158. The van der Waals surface area contributed by atoms with E-state index in [9.17, 15) is 4.79 Å². The maximum absolute atomic E-state index is 12.3. The molecule has 3 aromatic rings. The number of thiazole rings is 1. The van der Waals surface area contributed by atoms with Gasteiger partial charge in [-0.3, -0.25) is 4.79 Å². The van der Waals surface area contributed by atoms with Crippen LogP contribution in [0.2, 0.25) is 10.0 Å². The molecule has 1 amide bonds. The lowest BCUT2D eigenvalue weighted by Crippen LogP contribution is -2.14. The molecule has 3 rings (SSSR count). The van der Waals surface area contributed by atoms with Gasteiger partial charge in [-0.25, -0.2) is 4.98 Å². The summed E-state index contributed by atoms with van der Waals surface area (Å²) in [5, 5.41) is 5.85. The number of aromatic nitrogens is 1. The zero-order valence-corrected chi connectivity index (χ0v) is 18.1. The Morgan fingerprint density at radius 2 is 2.00 bits per heavy atom. The maximum atomic E-state index is 12.3. The summed E-state index contributed by atoms with van der Waals surface area (Å²) in [6.45, 7) is 0. The molecule has 0 spiro atoms. The summed E-state index contributed by atoms with van der Waals surface area (Å²) in [6.07, 6.45) is 0. The van der Waals surface area contributed by atoms with Gasteiger partial charge in [0.25, 0.3) is 0 Å². The van der Waals surface area contributed by atoms with Crippen LogP contribution in [0, 0.1) is 0 Å². The molecule has 9 heteroatoms. The van der Waals surface area contributed by atoms with Gasteiger partial charge in [-0.1, -0.05) is 35.0 Å². The van der Waals surface area contributed by atoms with Gasteiger partial charge in [-0.15, -0.1) is 11.3 Å². The number of nitrogens with one attached hydrogen (secondary N) is 1. The first-order chi connectivity index (χ1) is 13.5. The van der Waals surface area contributed by atoms with E-state index in [1.807, 2.05) is 11.4 Å². The third-order valence-corrected chi connectivity index (χ3v) is 6.27. The highest BCUT2D eigenvalue weighted by atomic mass is 35.5. The van der Waals surface area contributed by atoms with Gasteiger partial charge < -0.3 is 14.8 Å². The Morgan fingerprint density at radius 3 is 2.71 bits per heavy atom. The van der Waals surface area contributed by atoms with E-state index in [0.717, 1.165) is 15.6 Å². The van der Waals surface area contributed by atoms with Crippen LogP contribution < -0.4 is 14.8 Å². The molecule has 28 heavy (non-hydrogen) atoms. The van der Waals surface area contributed by atoms with Crippen molar-refractivity contribution in [1.29, 1.82) is 0 Å². The van der Waals surface area contributed by atoms with E-state index in [1.54, 1.807) is 44.6 Å². The number of hydrogen-bond acceptors (Lipinski definition) is 6. The second kappa shape index (κ2) is 9.52. The van der Waals surface area contributed by atoms with Crippen LogP contribution in [-0.2, 0) is 4.79 Å². The number of methoxy groups -OCH3 is 2. The second-order valence-corrected chi connectivity index (χ2v) is 8.45. The third-order valence-electron chi connectivity index (χ3n) is 3.70. The van der Waals surface area contributed by atoms with Crippen molar-refractivity contribution >= 4 is 57.9 Å². The van der Waals surface area contributed by atoms with Crippen LogP contribution in [0.1, 0.15) is 0 Å². The van der Waals surface area contributed by atoms with E-state index < -0.39 is 0 Å². The van der Waals surface area contributed by atoms with Gasteiger partial charge in [0.2, 0.25) is 5.91 Å². The molecule has 0 saturated carbocycles. The molecule has 0 bridgehead atoms. The number of ether oxygens (including phenoxy) is 2. The average Bonchev–Trinajstić information content (AvgIpc) is 3.15. The first kappa shape index (κ1) is 20.8. The Bertz CT molecular complexity index is 995. The highest BCUT2D eigenvalue weighted by Gasteiger charge is 2.13. The van der Waals surface area contributed by atoms with Crippen LogP contribution >= 0.6 is 46.3 Å².